The van der Waals surface area contributed by atoms with Crippen molar-refractivity contribution in [3.63, 3.8) is 0 Å². The summed E-state index contributed by atoms with van der Waals surface area (Å²) in [5.74, 6) is 0.131. The predicted molar refractivity (Wildman–Crippen MR) is 100.0 cm³/mol. The summed E-state index contributed by atoms with van der Waals surface area (Å²) in [4.78, 5) is 22.3. The van der Waals surface area contributed by atoms with Crippen LogP contribution in [0.5, 0.6) is 0 Å². The second-order valence-corrected chi connectivity index (χ2v) is 7.30. The van der Waals surface area contributed by atoms with Crippen LogP contribution >= 0.6 is 0 Å². The minimum atomic E-state index is 0.131. The van der Waals surface area contributed by atoms with Crippen molar-refractivity contribution in [2.24, 2.45) is 0 Å². The molecule has 1 atom stereocenters. The molecule has 4 rings (SSSR count). The molecule has 132 valence electrons. The van der Waals surface area contributed by atoms with Gasteiger partial charge in [0, 0.05) is 50.7 Å². The highest BCUT2D eigenvalue weighted by Gasteiger charge is 2.32. The number of benzene rings is 1. The number of rotatable bonds is 2. The maximum Gasteiger partial charge on any atom is 0.255 e. The lowest BCUT2D eigenvalue weighted by molar-refractivity contribution is 0.0772. The summed E-state index contributed by atoms with van der Waals surface area (Å²) >= 11 is 0. The van der Waals surface area contributed by atoms with E-state index < -0.39 is 0 Å². The number of fused-ring (bicyclic) bond motifs is 1. The van der Waals surface area contributed by atoms with Gasteiger partial charge in [-0.25, -0.2) is 0 Å². The first-order valence-corrected chi connectivity index (χ1v) is 9.24. The van der Waals surface area contributed by atoms with Crippen LogP contribution in [0.15, 0.2) is 24.3 Å². The zero-order valence-corrected chi connectivity index (χ0v) is 15.1. The Balaban J connectivity index is 1.54. The Morgan fingerprint density at radius 3 is 2.76 bits per heavy atom. The van der Waals surface area contributed by atoms with Crippen molar-refractivity contribution in [3.05, 3.63) is 41.1 Å². The first-order chi connectivity index (χ1) is 12.1. The van der Waals surface area contributed by atoms with Crippen molar-refractivity contribution in [2.45, 2.75) is 26.3 Å². The third kappa shape index (κ3) is 3.26. The molecule has 25 heavy (non-hydrogen) atoms. The van der Waals surface area contributed by atoms with Crippen molar-refractivity contribution < 1.29 is 4.79 Å². The van der Waals surface area contributed by atoms with Crippen molar-refractivity contribution in [3.8, 4) is 0 Å². The topological polar surface area (TPSA) is 48.5 Å². The zero-order chi connectivity index (χ0) is 17.4. The molecule has 1 aromatic heterocycles. The molecule has 1 amide bonds. The number of nitrogens with one attached hydrogen (secondary N) is 1. The number of amides is 1. The Labute approximate surface area is 149 Å². The van der Waals surface area contributed by atoms with Gasteiger partial charge in [0.15, 0.2) is 0 Å². The van der Waals surface area contributed by atoms with Crippen LogP contribution in [0.1, 0.15) is 28.0 Å². The van der Waals surface area contributed by atoms with Gasteiger partial charge in [-0.2, -0.15) is 0 Å². The van der Waals surface area contributed by atoms with Gasteiger partial charge in [-0.15, -0.1) is 0 Å². The average molecular weight is 338 g/mol. The molecule has 2 aliphatic rings. The number of carbonyl (C=O) groups excluding carboxylic acids is 1. The normalized spacial score (nSPS) is 21.8. The molecule has 0 aliphatic carbocycles. The van der Waals surface area contributed by atoms with E-state index in [1.807, 2.05) is 24.0 Å². The van der Waals surface area contributed by atoms with E-state index in [2.05, 4.69) is 34.3 Å². The number of carbonyl (C=O) groups is 1. The summed E-state index contributed by atoms with van der Waals surface area (Å²) < 4.78 is 0. The van der Waals surface area contributed by atoms with E-state index in [4.69, 9.17) is 0 Å². The summed E-state index contributed by atoms with van der Waals surface area (Å²) in [6.07, 6.45) is 1.07. The van der Waals surface area contributed by atoms with E-state index in [1.165, 1.54) is 5.56 Å². The molecule has 0 saturated carbocycles. The molecule has 5 heteroatoms. The van der Waals surface area contributed by atoms with E-state index >= 15 is 0 Å². The fourth-order valence-electron chi connectivity index (χ4n) is 4.05. The Bertz CT molecular complexity index is 798. The van der Waals surface area contributed by atoms with Gasteiger partial charge in [0.25, 0.3) is 5.91 Å². The van der Waals surface area contributed by atoms with Crippen LogP contribution in [-0.4, -0.2) is 66.0 Å². The van der Waals surface area contributed by atoms with Gasteiger partial charge >= 0.3 is 0 Å². The van der Waals surface area contributed by atoms with Crippen LogP contribution in [0, 0.1) is 13.8 Å². The van der Waals surface area contributed by atoms with Crippen LogP contribution < -0.4 is 5.32 Å². The molecule has 0 radical (unpaired) electrons. The highest BCUT2D eigenvalue weighted by atomic mass is 16.2. The molecule has 2 fully saturated rings. The number of hydrogen-bond donors (Lipinski definition) is 1. The fourth-order valence-corrected chi connectivity index (χ4v) is 4.05. The Morgan fingerprint density at radius 2 is 1.96 bits per heavy atom. The fraction of sp³-hybridized carbons (Fsp3) is 0.500. The largest absolute Gasteiger partial charge is 0.337 e. The standard InChI is InChI=1S/C20H26N4O/c1-14-3-4-19-16(11-14)12-18(15(2)22-19)20(25)24-8-5-17(13-24)23-9-6-21-7-10-23/h3-4,11-12,17,21H,5-10,13H2,1-2H3. The molecule has 1 N–H and O–H groups in total. The molecule has 1 unspecified atom stereocenters. The van der Waals surface area contributed by atoms with Crippen LogP contribution in [0.25, 0.3) is 10.9 Å². The summed E-state index contributed by atoms with van der Waals surface area (Å²) in [7, 11) is 0. The minimum absolute atomic E-state index is 0.131. The zero-order valence-electron chi connectivity index (χ0n) is 15.1. The molecule has 3 heterocycles. The van der Waals surface area contributed by atoms with Gasteiger partial charge < -0.3 is 10.2 Å². The monoisotopic (exact) mass is 338 g/mol. The number of piperazine rings is 1. The van der Waals surface area contributed by atoms with Gasteiger partial charge in [0.2, 0.25) is 0 Å². The Morgan fingerprint density at radius 1 is 1.16 bits per heavy atom. The van der Waals surface area contributed by atoms with Crippen LogP contribution in [0.4, 0.5) is 0 Å². The van der Waals surface area contributed by atoms with E-state index in [0.717, 1.165) is 67.8 Å². The van der Waals surface area contributed by atoms with E-state index in [9.17, 15) is 4.79 Å². The highest BCUT2D eigenvalue weighted by molar-refractivity contribution is 5.98. The van der Waals surface area contributed by atoms with E-state index in [-0.39, 0.29) is 5.91 Å². The molecule has 5 nitrogen and oxygen atoms in total. The number of pyridine rings is 1. The number of aromatic nitrogens is 1. The van der Waals surface area contributed by atoms with Crippen LogP contribution in [0.2, 0.25) is 0 Å². The molecule has 0 bridgehead atoms. The average Bonchev–Trinajstić information content (AvgIpc) is 3.12. The maximum atomic E-state index is 13.1. The molecule has 1 aromatic carbocycles. The van der Waals surface area contributed by atoms with Crippen LogP contribution in [-0.2, 0) is 0 Å². The van der Waals surface area contributed by atoms with Crippen molar-refractivity contribution in [1.82, 2.24) is 20.1 Å². The van der Waals surface area contributed by atoms with Crippen molar-refractivity contribution in [1.29, 1.82) is 0 Å². The Kier molecular flexibility index (Phi) is 4.44. The lowest BCUT2D eigenvalue weighted by atomic mass is 10.1. The first kappa shape index (κ1) is 16.5. The molecule has 2 aliphatic heterocycles. The van der Waals surface area contributed by atoms with Crippen LogP contribution in [0.3, 0.4) is 0 Å². The third-order valence-corrected chi connectivity index (χ3v) is 5.51. The smallest absolute Gasteiger partial charge is 0.255 e. The lowest BCUT2D eigenvalue weighted by Gasteiger charge is -2.32. The van der Waals surface area contributed by atoms with Gasteiger partial charge in [-0.3, -0.25) is 14.7 Å². The molecular formula is C20H26N4O. The molecule has 2 saturated heterocycles. The van der Waals surface area contributed by atoms with Gasteiger partial charge in [0.05, 0.1) is 16.8 Å². The van der Waals surface area contributed by atoms with Gasteiger partial charge in [-0.05, 0) is 38.5 Å². The predicted octanol–water partition coefficient (Wildman–Crippen LogP) is 1.97. The SMILES string of the molecule is Cc1ccc2nc(C)c(C(=O)N3CCC(N4CCNCC4)C3)cc2c1. The molecular weight excluding hydrogens is 312 g/mol. The second kappa shape index (κ2) is 6.73. The number of aryl methyl sites for hydroxylation is 2. The summed E-state index contributed by atoms with van der Waals surface area (Å²) in [6, 6.07) is 8.72. The highest BCUT2D eigenvalue weighted by Crippen LogP contribution is 2.23. The second-order valence-electron chi connectivity index (χ2n) is 7.30. The maximum absolute atomic E-state index is 13.1. The Hall–Kier alpha value is -1.98. The third-order valence-electron chi connectivity index (χ3n) is 5.51. The lowest BCUT2D eigenvalue weighted by Crippen LogP contribution is -2.49. The van der Waals surface area contributed by atoms with Crippen molar-refractivity contribution >= 4 is 16.8 Å². The van der Waals surface area contributed by atoms with Crippen molar-refractivity contribution in [2.75, 3.05) is 39.3 Å². The summed E-state index contributed by atoms with van der Waals surface area (Å²) in [6.45, 7) is 9.97. The molecule has 2 aromatic rings. The summed E-state index contributed by atoms with van der Waals surface area (Å²) in [5.41, 5.74) is 3.72. The van der Waals surface area contributed by atoms with E-state index in [1.54, 1.807) is 0 Å². The van der Waals surface area contributed by atoms with Gasteiger partial charge in [-0.1, -0.05) is 11.6 Å². The quantitative estimate of drug-likeness (QED) is 0.910. The number of nitrogens with zero attached hydrogens (tertiary/aromatic N) is 3. The first-order valence-electron chi connectivity index (χ1n) is 9.24. The minimum Gasteiger partial charge on any atom is -0.337 e. The molecule has 0 spiro atoms. The number of hydrogen-bond acceptors (Lipinski definition) is 4. The van der Waals surface area contributed by atoms with E-state index in [0.29, 0.717) is 6.04 Å². The van der Waals surface area contributed by atoms with Gasteiger partial charge in [0.1, 0.15) is 0 Å². The number of likely N-dealkylation sites (tertiary alicyclic amines) is 1. The summed E-state index contributed by atoms with van der Waals surface area (Å²) in [5, 5.41) is 4.44.